The zero-order chi connectivity index (χ0) is 23.3. The van der Waals surface area contributed by atoms with Crippen molar-refractivity contribution < 1.29 is 18.0 Å². The van der Waals surface area contributed by atoms with Gasteiger partial charge in [-0.1, -0.05) is 44.5 Å². The minimum absolute atomic E-state index is 0.0151. The zero-order valence-electron chi connectivity index (χ0n) is 17.5. The van der Waals surface area contributed by atoms with E-state index in [1.54, 1.807) is 12.1 Å². The van der Waals surface area contributed by atoms with Crippen molar-refractivity contribution in [2.24, 2.45) is 0 Å². The molecular weight excluding hydrogens is 452 g/mol. The van der Waals surface area contributed by atoms with Crippen molar-refractivity contribution >= 4 is 44.9 Å². The Morgan fingerprint density at radius 2 is 1.59 bits per heavy atom. The normalized spacial score (nSPS) is 13.9. The van der Waals surface area contributed by atoms with E-state index in [9.17, 15) is 18.0 Å². The average Bonchev–Trinajstić information content (AvgIpc) is 3.01. The summed E-state index contributed by atoms with van der Waals surface area (Å²) in [5.74, 6) is -1.43. The van der Waals surface area contributed by atoms with E-state index >= 15 is 0 Å². The fourth-order valence-electron chi connectivity index (χ4n) is 3.36. The molecule has 2 amide bonds. The molecule has 0 saturated carbocycles. The van der Waals surface area contributed by atoms with Crippen molar-refractivity contribution in [3.8, 4) is 0 Å². The number of fused-ring (bicyclic) bond motifs is 1. The van der Waals surface area contributed by atoms with E-state index in [1.807, 2.05) is 20.8 Å². The Bertz CT molecular complexity index is 1330. The van der Waals surface area contributed by atoms with Crippen LogP contribution in [0.5, 0.6) is 0 Å². The molecule has 1 aliphatic heterocycles. The molecule has 0 spiro atoms. The van der Waals surface area contributed by atoms with E-state index < -0.39 is 21.8 Å². The predicted octanol–water partition coefficient (Wildman–Crippen LogP) is 4.03. The van der Waals surface area contributed by atoms with Gasteiger partial charge in [0, 0.05) is 12.4 Å². The summed E-state index contributed by atoms with van der Waals surface area (Å²) < 4.78 is 28.4. The van der Waals surface area contributed by atoms with Crippen LogP contribution in [-0.2, 0) is 15.4 Å². The van der Waals surface area contributed by atoms with E-state index in [0.29, 0.717) is 0 Å². The molecule has 0 bridgehead atoms. The molecule has 0 atom stereocenters. The highest BCUT2D eigenvalue weighted by molar-refractivity contribution is 7.92. The lowest BCUT2D eigenvalue weighted by atomic mass is 9.87. The van der Waals surface area contributed by atoms with E-state index in [2.05, 4.69) is 14.7 Å². The molecule has 3 aromatic rings. The summed E-state index contributed by atoms with van der Waals surface area (Å²) in [6.45, 7) is 6.08. The number of anilines is 2. The maximum Gasteiger partial charge on any atom is 0.269 e. The standard InChI is InChI=1S/C22H19ClN4O4S/c1-22(2,3)13-4-6-14(7-5-13)32(30,31)26-16-9-8-15(23)18-19(16)21(29)27(20(18)28)17-12-24-10-11-25-17/h4-12,26H,1-3H3. The highest BCUT2D eigenvalue weighted by Gasteiger charge is 2.41. The van der Waals surface area contributed by atoms with E-state index in [4.69, 9.17) is 11.6 Å². The lowest BCUT2D eigenvalue weighted by Gasteiger charge is -2.19. The number of carbonyl (C=O) groups excluding carboxylic acids is 2. The van der Waals surface area contributed by atoms with Crippen LogP contribution in [0, 0.1) is 0 Å². The van der Waals surface area contributed by atoms with Gasteiger partial charge >= 0.3 is 0 Å². The molecule has 2 heterocycles. The fraction of sp³-hybridized carbons (Fsp3) is 0.182. The maximum atomic E-state index is 13.1. The van der Waals surface area contributed by atoms with Gasteiger partial charge in [-0.05, 0) is 35.2 Å². The van der Waals surface area contributed by atoms with Gasteiger partial charge in [0.05, 0.1) is 32.9 Å². The number of rotatable bonds is 4. The van der Waals surface area contributed by atoms with Crippen LogP contribution in [0.1, 0.15) is 47.1 Å². The summed E-state index contributed by atoms with van der Waals surface area (Å²) in [5.41, 5.74) is 0.565. The van der Waals surface area contributed by atoms with Crippen LogP contribution in [0.4, 0.5) is 11.5 Å². The molecule has 0 unspecified atom stereocenters. The van der Waals surface area contributed by atoms with Gasteiger partial charge in [-0.25, -0.2) is 18.3 Å². The van der Waals surface area contributed by atoms with Crippen LogP contribution in [0.2, 0.25) is 5.02 Å². The molecule has 164 valence electrons. The first-order valence-corrected chi connectivity index (χ1v) is 11.5. The quantitative estimate of drug-likeness (QED) is 0.576. The Kier molecular flexibility index (Phi) is 5.26. The number of hydrogen-bond donors (Lipinski definition) is 1. The third-order valence-corrected chi connectivity index (χ3v) is 6.74. The molecule has 4 rings (SSSR count). The van der Waals surface area contributed by atoms with E-state index in [-0.39, 0.29) is 38.0 Å². The minimum Gasteiger partial charge on any atom is -0.279 e. The third kappa shape index (κ3) is 3.74. The van der Waals surface area contributed by atoms with Crippen molar-refractivity contribution in [2.45, 2.75) is 31.1 Å². The molecule has 2 aromatic carbocycles. The summed E-state index contributed by atoms with van der Waals surface area (Å²) in [4.78, 5) is 34.7. The molecule has 32 heavy (non-hydrogen) atoms. The fourth-order valence-corrected chi connectivity index (χ4v) is 4.67. The first-order valence-electron chi connectivity index (χ1n) is 9.61. The van der Waals surface area contributed by atoms with Crippen LogP contribution in [-0.4, -0.2) is 30.2 Å². The van der Waals surface area contributed by atoms with Crippen molar-refractivity contribution in [1.82, 2.24) is 9.97 Å². The maximum absolute atomic E-state index is 13.1. The van der Waals surface area contributed by atoms with Crippen LogP contribution < -0.4 is 9.62 Å². The molecule has 0 saturated heterocycles. The first-order chi connectivity index (χ1) is 15.0. The second kappa shape index (κ2) is 7.68. The smallest absolute Gasteiger partial charge is 0.269 e. The van der Waals surface area contributed by atoms with Gasteiger partial charge in [0.2, 0.25) is 0 Å². The second-order valence-corrected chi connectivity index (χ2v) is 10.3. The zero-order valence-corrected chi connectivity index (χ0v) is 19.0. The average molecular weight is 471 g/mol. The van der Waals surface area contributed by atoms with E-state index in [1.165, 1.54) is 42.9 Å². The Hall–Kier alpha value is -3.30. The van der Waals surface area contributed by atoms with Crippen molar-refractivity contribution in [2.75, 3.05) is 9.62 Å². The predicted molar refractivity (Wildman–Crippen MR) is 121 cm³/mol. The van der Waals surface area contributed by atoms with Gasteiger partial charge in [0.1, 0.15) is 0 Å². The Morgan fingerprint density at radius 1 is 0.938 bits per heavy atom. The van der Waals surface area contributed by atoms with Crippen molar-refractivity contribution in [1.29, 1.82) is 0 Å². The number of nitrogens with zero attached hydrogens (tertiary/aromatic N) is 3. The van der Waals surface area contributed by atoms with Gasteiger partial charge < -0.3 is 0 Å². The molecule has 0 fully saturated rings. The summed E-state index contributed by atoms with van der Waals surface area (Å²) in [6, 6.07) is 9.20. The van der Waals surface area contributed by atoms with Crippen LogP contribution in [0.15, 0.2) is 59.9 Å². The highest BCUT2D eigenvalue weighted by Crippen LogP contribution is 2.37. The molecule has 1 aromatic heterocycles. The number of imide groups is 1. The first kappa shape index (κ1) is 21.9. The number of sulfonamides is 1. The Morgan fingerprint density at radius 3 is 2.19 bits per heavy atom. The molecule has 1 N–H and O–H groups in total. The topological polar surface area (TPSA) is 109 Å². The van der Waals surface area contributed by atoms with Crippen LogP contribution in [0.3, 0.4) is 0 Å². The number of hydrogen-bond acceptors (Lipinski definition) is 6. The number of aromatic nitrogens is 2. The number of halogens is 1. The minimum atomic E-state index is -4.04. The number of benzene rings is 2. The molecule has 8 nitrogen and oxygen atoms in total. The third-order valence-electron chi connectivity index (χ3n) is 5.04. The van der Waals surface area contributed by atoms with Gasteiger partial charge in [0.15, 0.2) is 5.82 Å². The Balaban J connectivity index is 1.74. The van der Waals surface area contributed by atoms with Gasteiger partial charge in [0.25, 0.3) is 21.8 Å². The molecule has 1 aliphatic rings. The number of carbonyl (C=O) groups is 2. The SMILES string of the molecule is CC(C)(C)c1ccc(S(=O)(=O)Nc2ccc(Cl)c3c2C(=O)N(c2cnccn2)C3=O)cc1. The lowest BCUT2D eigenvalue weighted by Crippen LogP contribution is -2.30. The van der Waals surface area contributed by atoms with E-state index in [0.717, 1.165) is 10.5 Å². The van der Waals surface area contributed by atoms with Gasteiger partial charge in [-0.3, -0.25) is 19.3 Å². The summed E-state index contributed by atoms with van der Waals surface area (Å²) >= 11 is 6.19. The summed E-state index contributed by atoms with van der Waals surface area (Å²) in [7, 11) is -4.04. The highest BCUT2D eigenvalue weighted by atomic mass is 35.5. The molecule has 0 aliphatic carbocycles. The van der Waals surface area contributed by atoms with Crippen LogP contribution in [0.25, 0.3) is 0 Å². The lowest BCUT2D eigenvalue weighted by molar-refractivity contribution is 0.0925. The summed E-state index contributed by atoms with van der Waals surface area (Å²) in [5, 5.41) is 0.0298. The second-order valence-electron chi connectivity index (χ2n) is 8.23. The molecule has 0 radical (unpaired) electrons. The van der Waals surface area contributed by atoms with Gasteiger partial charge in [-0.2, -0.15) is 0 Å². The largest absolute Gasteiger partial charge is 0.279 e. The van der Waals surface area contributed by atoms with Gasteiger partial charge in [-0.15, -0.1) is 0 Å². The monoisotopic (exact) mass is 470 g/mol. The van der Waals surface area contributed by atoms with Crippen molar-refractivity contribution in [3.05, 3.63) is 76.7 Å². The van der Waals surface area contributed by atoms with Crippen molar-refractivity contribution in [3.63, 3.8) is 0 Å². The van der Waals surface area contributed by atoms with Crippen LogP contribution >= 0.6 is 11.6 Å². The molecular formula is C22H19ClN4O4S. The number of amides is 2. The summed E-state index contributed by atoms with van der Waals surface area (Å²) in [6.07, 6.45) is 4.00. The number of nitrogens with one attached hydrogen (secondary N) is 1. The molecule has 10 heteroatoms. The Labute approximate surface area is 190 Å².